The van der Waals surface area contributed by atoms with Crippen molar-refractivity contribution in [1.29, 1.82) is 0 Å². The quantitative estimate of drug-likeness (QED) is 0.512. The molecular weight excluding hydrogens is 348 g/mol. The van der Waals surface area contributed by atoms with Crippen LogP contribution in [0.5, 0.6) is 5.75 Å². The fourth-order valence-electron chi connectivity index (χ4n) is 3.27. The van der Waals surface area contributed by atoms with Gasteiger partial charge in [0.2, 0.25) is 0 Å². The number of hydrogen-bond donors (Lipinski definition) is 1. The van der Waals surface area contributed by atoms with Crippen LogP contribution >= 0.6 is 11.6 Å². The Morgan fingerprint density at radius 3 is 2.81 bits per heavy atom. The van der Waals surface area contributed by atoms with Crippen molar-refractivity contribution in [3.63, 3.8) is 0 Å². The maximum Gasteiger partial charge on any atom is 0.139 e. The second-order valence-corrected chi connectivity index (χ2v) is 6.52. The average Bonchev–Trinajstić information content (AvgIpc) is 3.10. The zero-order valence-electron chi connectivity index (χ0n) is 14.2. The molecule has 0 saturated heterocycles. The Labute approximate surface area is 156 Å². The van der Waals surface area contributed by atoms with Gasteiger partial charge in [0.25, 0.3) is 0 Å². The summed E-state index contributed by atoms with van der Waals surface area (Å²) < 4.78 is 7.72. The lowest BCUT2D eigenvalue weighted by atomic mass is 10.1. The van der Waals surface area contributed by atoms with Gasteiger partial charge in [-0.15, -0.1) is 0 Å². The normalized spacial score (nSPS) is 11.3. The summed E-state index contributed by atoms with van der Waals surface area (Å²) in [6.45, 7) is 1.15. The fourth-order valence-corrected chi connectivity index (χ4v) is 3.51. The maximum atomic E-state index is 8.89. The van der Waals surface area contributed by atoms with E-state index in [0.29, 0.717) is 11.8 Å². The molecule has 2 aromatic heterocycles. The van der Waals surface area contributed by atoms with Crippen LogP contribution in [0.3, 0.4) is 0 Å². The van der Waals surface area contributed by atoms with E-state index in [-0.39, 0.29) is 6.61 Å². The second kappa shape index (κ2) is 7.36. The first-order valence-corrected chi connectivity index (χ1v) is 9.00. The van der Waals surface area contributed by atoms with Crippen LogP contribution in [0.1, 0.15) is 5.56 Å². The molecule has 0 bridgehead atoms. The molecule has 0 aliphatic carbocycles. The van der Waals surface area contributed by atoms with Crippen molar-refractivity contribution in [2.24, 2.45) is 0 Å². The summed E-state index contributed by atoms with van der Waals surface area (Å²) in [5.41, 5.74) is 3.21. The molecule has 0 saturated carbocycles. The highest BCUT2D eigenvalue weighted by molar-refractivity contribution is 6.35. The third-order valence-electron chi connectivity index (χ3n) is 4.46. The summed E-state index contributed by atoms with van der Waals surface area (Å²) in [6.07, 6.45) is 2.94. The first-order chi connectivity index (χ1) is 12.8. The molecule has 132 valence electrons. The van der Waals surface area contributed by atoms with Crippen molar-refractivity contribution in [2.75, 3.05) is 13.2 Å². The second-order valence-electron chi connectivity index (χ2n) is 6.16. The van der Waals surface area contributed by atoms with Crippen molar-refractivity contribution in [2.45, 2.75) is 13.0 Å². The van der Waals surface area contributed by atoms with Gasteiger partial charge in [-0.25, -0.2) is 4.98 Å². The topological polar surface area (TPSA) is 47.3 Å². The number of nitrogens with zero attached hydrogens (tertiary/aromatic N) is 2. The summed E-state index contributed by atoms with van der Waals surface area (Å²) in [5.74, 6) is 0.784. The molecule has 2 aromatic carbocycles. The fraction of sp³-hybridized carbons (Fsp3) is 0.190. The van der Waals surface area contributed by atoms with E-state index in [1.54, 1.807) is 0 Å². The van der Waals surface area contributed by atoms with Crippen LogP contribution in [0.25, 0.3) is 21.8 Å². The molecule has 26 heavy (non-hydrogen) atoms. The van der Waals surface area contributed by atoms with E-state index in [1.807, 2.05) is 42.5 Å². The predicted molar refractivity (Wildman–Crippen MR) is 105 cm³/mol. The number of para-hydroxylation sites is 1. The Hall–Kier alpha value is -2.56. The Bertz CT molecular complexity index is 1060. The van der Waals surface area contributed by atoms with Gasteiger partial charge in [-0.3, -0.25) is 0 Å². The molecule has 0 amide bonds. The summed E-state index contributed by atoms with van der Waals surface area (Å²) in [4.78, 5) is 4.49. The van der Waals surface area contributed by atoms with Crippen LogP contribution < -0.4 is 4.74 Å². The number of pyridine rings is 1. The van der Waals surface area contributed by atoms with E-state index >= 15 is 0 Å². The SMILES string of the molecule is OCCOc1cccc(CCn2ccc3c(Cl)nc4ccccc4c32)c1. The molecule has 0 aliphatic heterocycles. The van der Waals surface area contributed by atoms with Crippen molar-refractivity contribution >= 4 is 33.4 Å². The summed E-state index contributed by atoms with van der Waals surface area (Å²) in [5, 5.41) is 11.5. The smallest absolute Gasteiger partial charge is 0.139 e. The van der Waals surface area contributed by atoms with Gasteiger partial charge < -0.3 is 14.4 Å². The molecular formula is C21H19ClN2O2. The van der Waals surface area contributed by atoms with Crippen molar-refractivity contribution in [3.8, 4) is 5.75 Å². The first kappa shape index (κ1) is 16.9. The third kappa shape index (κ3) is 3.26. The van der Waals surface area contributed by atoms with Crippen LogP contribution in [0.2, 0.25) is 5.15 Å². The van der Waals surface area contributed by atoms with Crippen LogP contribution in [-0.4, -0.2) is 27.9 Å². The highest BCUT2D eigenvalue weighted by Crippen LogP contribution is 2.30. The number of hydrogen-bond acceptors (Lipinski definition) is 3. The molecule has 0 fully saturated rings. The maximum absolute atomic E-state index is 8.89. The molecule has 0 atom stereocenters. The Balaban J connectivity index is 1.64. The summed E-state index contributed by atoms with van der Waals surface area (Å²) in [6, 6.07) is 18.1. The van der Waals surface area contributed by atoms with Crippen LogP contribution in [0, 0.1) is 0 Å². The van der Waals surface area contributed by atoms with Gasteiger partial charge in [0.15, 0.2) is 0 Å². The number of aromatic nitrogens is 2. The third-order valence-corrected chi connectivity index (χ3v) is 4.75. The summed E-state index contributed by atoms with van der Waals surface area (Å²) in [7, 11) is 0. The molecule has 4 rings (SSSR count). The largest absolute Gasteiger partial charge is 0.491 e. The number of ether oxygens (including phenoxy) is 1. The average molecular weight is 367 g/mol. The molecule has 0 unspecified atom stereocenters. The predicted octanol–water partition coefficient (Wildman–Crippen LogP) is 4.46. The van der Waals surface area contributed by atoms with Gasteiger partial charge in [-0.05, 0) is 36.2 Å². The number of aliphatic hydroxyl groups excluding tert-OH is 1. The number of aliphatic hydroxyl groups is 1. The lowest BCUT2D eigenvalue weighted by Crippen LogP contribution is -2.03. The first-order valence-electron chi connectivity index (χ1n) is 8.62. The minimum Gasteiger partial charge on any atom is -0.491 e. The minimum absolute atomic E-state index is 0.0153. The lowest BCUT2D eigenvalue weighted by Gasteiger charge is -2.10. The monoisotopic (exact) mass is 366 g/mol. The highest BCUT2D eigenvalue weighted by Gasteiger charge is 2.11. The van der Waals surface area contributed by atoms with Crippen LogP contribution in [0.15, 0.2) is 60.8 Å². The standard InChI is InChI=1S/C21H19ClN2O2/c22-21-18-9-11-24(20(18)17-6-1-2-7-19(17)23-21)10-8-15-4-3-5-16(14-15)26-13-12-25/h1-7,9,11,14,25H,8,10,12-13H2. The van der Waals surface area contributed by atoms with E-state index in [2.05, 4.69) is 27.9 Å². The number of aryl methyl sites for hydroxylation is 2. The zero-order chi connectivity index (χ0) is 17.9. The molecule has 4 aromatic rings. The van der Waals surface area contributed by atoms with E-state index in [0.717, 1.165) is 40.5 Å². The van der Waals surface area contributed by atoms with E-state index in [9.17, 15) is 0 Å². The minimum atomic E-state index is 0.0153. The molecule has 2 heterocycles. The van der Waals surface area contributed by atoms with Gasteiger partial charge >= 0.3 is 0 Å². The van der Waals surface area contributed by atoms with Crippen LogP contribution in [-0.2, 0) is 13.0 Å². The highest BCUT2D eigenvalue weighted by atomic mass is 35.5. The molecule has 0 aliphatic rings. The Kier molecular flexibility index (Phi) is 4.78. The van der Waals surface area contributed by atoms with Crippen molar-refractivity contribution in [1.82, 2.24) is 9.55 Å². The van der Waals surface area contributed by atoms with Crippen molar-refractivity contribution in [3.05, 3.63) is 71.5 Å². The van der Waals surface area contributed by atoms with Gasteiger partial charge in [0.05, 0.1) is 17.6 Å². The molecule has 1 N–H and O–H groups in total. The lowest BCUT2D eigenvalue weighted by molar-refractivity contribution is 0.201. The zero-order valence-corrected chi connectivity index (χ0v) is 15.0. The molecule has 0 radical (unpaired) electrons. The summed E-state index contributed by atoms with van der Waals surface area (Å²) >= 11 is 6.37. The molecule has 5 heteroatoms. The van der Waals surface area contributed by atoms with E-state index in [1.165, 1.54) is 5.56 Å². The van der Waals surface area contributed by atoms with E-state index < -0.39 is 0 Å². The van der Waals surface area contributed by atoms with Crippen LogP contribution in [0.4, 0.5) is 0 Å². The van der Waals surface area contributed by atoms with Gasteiger partial charge in [0.1, 0.15) is 17.5 Å². The number of rotatable bonds is 6. The van der Waals surface area contributed by atoms with Gasteiger partial charge in [-0.1, -0.05) is 41.9 Å². The Morgan fingerprint density at radius 2 is 1.92 bits per heavy atom. The number of benzene rings is 2. The van der Waals surface area contributed by atoms with Crippen molar-refractivity contribution < 1.29 is 9.84 Å². The van der Waals surface area contributed by atoms with E-state index in [4.69, 9.17) is 21.4 Å². The number of fused-ring (bicyclic) bond motifs is 3. The van der Waals surface area contributed by atoms with Gasteiger partial charge in [0, 0.05) is 23.5 Å². The van der Waals surface area contributed by atoms with Gasteiger partial charge in [-0.2, -0.15) is 0 Å². The number of halogens is 1. The molecule has 4 nitrogen and oxygen atoms in total. The Morgan fingerprint density at radius 1 is 1.04 bits per heavy atom. The molecule has 0 spiro atoms.